The van der Waals surface area contributed by atoms with Crippen molar-refractivity contribution in [3.63, 3.8) is 0 Å². The average Bonchev–Trinajstić information content (AvgIpc) is 3.54. The van der Waals surface area contributed by atoms with Gasteiger partial charge in [0, 0.05) is 25.4 Å². The fraction of sp³-hybridized carbons (Fsp3) is 0.379. The lowest BCUT2D eigenvalue weighted by molar-refractivity contribution is -0.0592. The third kappa shape index (κ3) is 6.13. The Morgan fingerprint density at radius 3 is 2.66 bits per heavy atom. The monoisotopic (exact) mass is 577 g/mol. The van der Waals surface area contributed by atoms with E-state index in [2.05, 4.69) is 19.2 Å². The van der Waals surface area contributed by atoms with Crippen LogP contribution < -0.4 is 6.15 Å². The van der Waals surface area contributed by atoms with Crippen LogP contribution >= 0.6 is 11.8 Å². The Hall–Kier alpha value is -3.76. The normalized spacial score (nSPS) is 17.6. The van der Waals surface area contributed by atoms with Gasteiger partial charge in [-0.1, -0.05) is 6.07 Å². The minimum absolute atomic E-state index is 0. The van der Waals surface area contributed by atoms with Crippen LogP contribution in [0.4, 0.5) is 4.39 Å². The highest BCUT2D eigenvalue weighted by molar-refractivity contribution is 7.98. The van der Waals surface area contributed by atoms with Crippen molar-refractivity contribution in [1.82, 2.24) is 30.4 Å². The Morgan fingerprint density at radius 2 is 1.98 bits per heavy atom. The summed E-state index contributed by atoms with van der Waals surface area (Å²) in [5.41, 5.74) is 2.77. The fourth-order valence-electron chi connectivity index (χ4n) is 5.36. The number of aromatic nitrogens is 4. The van der Waals surface area contributed by atoms with Gasteiger partial charge in [-0.05, 0) is 61.2 Å². The molecule has 41 heavy (non-hydrogen) atoms. The Morgan fingerprint density at radius 1 is 1.17 bits per heavy atom. The van der Waals surface area contributed by atoms with Crippen LogP contribution in [0.1, 0.15) is 52.6 Å². The first kappa shape index (κ1) is 28.8. The van der Waals surface area contributed by atoms with Crippen LogP contribution in [-0.2, 0) is 23.6 Å². The van der Waals surface area contributed by atoms with Crippen molar-refractivity contribution in [3.05, 3.63) is 77.0 Å². The van der Waals surface area contributed by atoms with Crippen molar-refractivity contribution >= 4 is 28.8 Å². The molecule has 214 valence electrons. The molecule has 12 heteroatoms. The van der Waals surface area contributed by atoms with Crippen LogP contribution in [-0.4, -0.2) is 61.1 Å². The number of hydrogen-bond acceptors (Lipinski definition) is 8. The number of nitrogens with zero attached hydrogens (tertiary/aromatic N) is 6. The van der Waals surface area contributed by atoms with Crippen molar-refractivity contribution in [2.75, 3.05) is 19.7 Å². The van der Waals surface area contributed by atoms with E-state index in [1.54, 1.807) is 48.3 Å². The summed E-state index contributed by atoms with van der Waals surface area (Å²) < 4.78 is 24.2. The molecular weight excluding hydrogens is 545 g/mol. The summed E-state index contributed by atoms with van der Waals surface area (Å²) in [5, 5.41) is 24.0. The Bertz CT molecular complexity index is 1590. The van der Waals surface area contributed by atoms with Crippen LogP contribution in [0, 0.1) is 17.1 Å². The molecule has 0 radical (unpaired) electrons. The molecule has 0 saturated carbocycles. The van der Waals surface area contributed by atoms with Gasteiger partial charge in [0.1, 0.15) is 11.6 Å². The minimum atomic E-state index is -0.948. The zero-order valence-corrected chi connectivity index (χ0v) is 23.4. The van der Waals surface area contributed by atoms with E-state index in [0.717, 1.165) is 60.8 Å². The number of fused-ring (bicyclic) bond motifs is 1. The molecule has 6 rings (SSSR count). The van der Waals surface area contributed by atoms with Gasteiger partial charge in [-0.15, -0.1) is 11.8 Å². The van der Waals surface area contributed by atoms with Gasteiger partial charge in [0.05, 0.1) is 64.7 Å². The molecule has 2 aliphatic rings. The summed E-state index contributed by atoms with van der Waals surface area (Å²) in [6.45, 7) is 3.86. The minimum Gasteiger partial charge on any atom is -0.478 e. The summed E-state index contributed by atoms with van der Waals surface area (Å²) >= 11 is 1.55. The van der Waals surface area contributed by atoms with E-state index in [1.807, 2.05) is 12.1 Å². The first-order valence-corrected chi connectivity index (χ1v) is 14.4. The van der Waals surface area contributed by atoms with Crippen LogP contribution in [0.5, 0.6) is 0 Å². The third-order valence-electron chi connectivity index (χ3n) is 7.71. The topological polar surface area (TPSA) is 144 Å². The van der Waals surface area contributed by atoms with Crippen molar-refractivity contribution in [2.45, 2.75) is 55.3 Å². The van der Waals surface area contributed by atoms with Gasteiger partial charge in [0.2, 0.25) is 0 Å². The third-order valence-corrected chi connectivity index (χ3v) is 8.79. The number of nitriles is 1. The molecule has 0 bridgehead atoms. The number of carboxylic acids is 1. The first-order valence-electron chi connectivity index (χ1n) is 13.4. The van der Waals surface area contributed by atoms with Crippen molar-refractivity contribution < 1.29 is 19.0 Å². The molecule has 2 fully saturated rings. The van der Waals surface area contributed by atoms with E-state index in [9.17, 15) is 14.3 Å². The SMILES string of the molecule is N.N#Cc1ccc(CSc2ccnn2C2CCN(Cc3nc4ccc(C(=O)O)cc4n3C[C@@H]3CCO3)CC2)c(F)c1. The van der Waals surface area contributed by atoms with Gasteiger partial charge in [-0.25, -0.2) is 14.2 Å². The Kier molecular flexibility index (Phi) is 8.70. The number of likely N-dealkylation sites (tertiary alicyclic amines) is 1. The molecule has 2 aromatic heterocycles. The molecule has 4 N–H and O–H groups in total. The average molecular weight is 578 g/mol. The number of carboxylic acid groups (broad SMARTS) is 1. The maximum Gasteiger partial charge on any atom is 0.335 e. The molecular formula is C29H32FN7O3S. The number of carbonyl (C=O) groups is 1. The highest BCUT2D eigenvalue weighted by Gasteiger charge is 2.26. The van der Waals surface area contributed by atoms with E-state index in [0.29, 0.717) is 30.0 Å². The summed E-state index contributed by atoms with van der Waals surface area (Å²) in [5.74, 6) is 0.0784. The van der Waals surface area contributed by atoms with Gasteiger partial charge in [-0.3, -0.25) is 9.58 Å². The Labute approximate surface area is 241 Å². The number of hydrogen-bond donors (Lipinski definition) is 2. The maximum absolute atomic E-state index is 14.4. The number of rotatable bonds is 9. The highest BCUT2D eigenvalue weighted by Crippen LogP contribution is 2.31. The van der Waals surface area contributed by atoms with Crippen LogP contribution in [0.25, 0.3) is 11.0 Å². The predicted octanol–water partition coefficient (Wildman–Crippen LogP) is 5.02. The number of benzene rings is 2. The summed E-state index contributed by atoms with van der Waals surface area (Å²) in [6.07, 6.45) is 4.76. The second-order valence-corrected chi connectivity index (χ2v) is 11.3. The van der Waals surface area contributed by atoms with Crippen LogP contribution in [0.15, 0.2) is 53.7 Å². The van der Waals surface area contributed by atoms with E-state index >= 15 is 0 Å². The van der Waals surface area contributed by atoms with Crippen LogP contribution in [0.2, 0.25) is 0 Å². The van der Waals surface area contributed by atoms with E-state index < -0.39 is 5.97 Å². The molecule has 0 spiro atoms. The number of piperidine rings is 1. The molecule has 0 aliphatic carbocycles. The summed E-state index contributed by atoms with van der Waals surface area (Å²) in [6, 6.07) is 13.9. The lowest BCUT2D eigenvalue weighted by atomic mass is 10.1. The molecule has 0 unspecified atom stereocenters. The molecule has 2 aromatic carbocycles. The van der Waals surface area contributed by atoms with Crippen molar-refractivity contribution in [2.24, 2.45) is 0 Å². The maximum atomic E-state index is 14.4. The van der Waals surface area contributed by atoms with Gasteiger partial charge >= 0.3 is 5.97 Å². The second kappa shape index (κ2) is 12.4. The number of imidazole rings is 1. The fourth-order valence-corrected chi connectivity index (χ4v) is 6.38. The molecule has 0 amide bonds. The van der Waals surface area contributed by atoms with Crippen molar-refractivity contribution in [3.8, 4) is 6.07 Å². The summed E-state index contributed by atoms with van der Waals surface area (Å²) in [7, 11) is 0. The first-order chi connectivity index (χ1) is 19.5. The lowest BCUT2D eigenvalue weighted by Gasteiger charge is -2.33. The van der Waals surface area contributed by atoms with E-state index in [4.69, 9.17) is 15.0 Å². The molecule has 2 aliphatic heterocycles. The van der Waals surface area contributed by atoms with Gasteiger partial charge in [-0.2, -0.15) is 10.4 Å². The lowest BCUT2D eigenvalue weighted by Crippen LogP contribution is -2.36. The smallest absolute Gasteiger partial charge is 0.335 e. The molecule has 1 atom stereocenters. The zero-order valence-electron chi connectivity index (χ0n) is 22.6. The number of ether oxygens (including phenoxy) is 1. The van der Waals surface area contributed by atoms with Crippen LogP contribution in [0.3, 0.4) is 0 Å². The van der Waals surface area contributed by atoms with E-state index in [1.165, 1.54) is 6.07 Å². The standard InChI is InChI=1S/C29H29FN6O3S.H3N/c30-24-13-19(15-31)1-2-21(24)18-40-28-5-9-32-36(28)22-6-10-34(11-7-22)17-27-33-25-4-3-20(29(37)38)14-26(25)35(27)16-23-8-12-39-23;/h1-5,9,13-14,22-23H,6-8,10-12,16-18H2,(H,37,38);1H3/t23-;/m0./s1. The quantitative estimate of drug-likeness (QED) is 0.262. The molecule has 10 nitrogen and oxygen atoms in total. The molecule has 4 aromatic rings. The number of halogens is 1. The van der Waals surface area contributed by atoms with Gasteiger partial charge in [0.15, 0.2) is 0 Å². The van der Waals surface area contributed by atoms with E-state index in [-0.39, 0.29) is 29.7 Å². The second-order valence-electron chi connectivity index (χ2n) is 10.3. The summed E-state index contributed by atoms with van der Waals surface area (Å²) in [4.78, 5) is 18.8. The Balaban J connectivity index is 0.00000337. The largest absolute Gasteiger partial charge is 0.478 e. The predicted molar refractivity (Wildman–Crippen MR) is 153 cm³/mol. The van der Waals surface area contributed by atoms with Gasteiger partial charge < -0.3 is 20.6 Å². The number of thioether (sulfide) groups is 1. The van der Waals surface area contributed by atoms with Crippen molar-refractivity contribution in [1.29, 1.82) is 5.26 Å². The highest BCUT2D eigenvalue weighted by atomic mass is 32.2. The van der Waals surface area contributed by atoms with Gasteiger partial charge in [0.25, 0.3) is 0 Å². The number of aromatic carboxylic acids is 1. The molecule has 4 heterocycles. The molecule has 2 saturated heterocycles. The zero-order chi connectivity index (χ0) is 27.6.